The van der Waals surface area contributed by atoms with Crippen molar-refractivity contribution in [3.8, 4) is 0 Å². The average Bonchev–Trinajstić information content (AvgIpc) is 3.27. The van der Waals surface area contributed by atoms with E-state index in [1.54, 1.807) is 13.8 Å². The van der Waals surface area contributed by atoms with Crippen LogP contribution in [0.5, 0.6) is 0 Å². The van der Waals surface area contributed by atoms with Crippen LogP contribution in [0.1, 0.15) is 65.9 Å². The molecule has 1 fully saturated rings. The van der Waals surface area contributed by atoms with Crippen molar-refractivity contribution in [3.05, 3.63) is 60.2 Å². The van der Waals surface area contributed by atoms with Crippen molar-refractivity contribution in [3.63, 3.8) is 0 Å². The van der Waals surface area contributed by atoms with Gasteiger partial charge in [-0.3, -0.25) is 9.59 Å². The lowest BCUT2D eigenvalue weighted by Gasteiger charge is -2.37. The molecule has 1 aromatic carbocycles. The van der Waals surface area contributed by atoms with E-state index >= 15 is 0 Å². The molecule has 274 valence electrons. The highest BCUT2D eigenvalue weighted by atomic mass is 16.7. The number of carboxylic acids is 3. The zero-order chi connectivity index (χ0) is 38.0. The molecule has 1 heterocycles. The first-order valence-electron chi connectivity index (χ1n) is 15.9. The van der Waals surface area contributed by atoms with Crippen LogP contribution in [0.15, 0.2) is 54.6 Å². The standard InChI is InChI=1S/C35H44O15/c1-7-19(2)17-20(3)13-15-25(37)49-29-31(41)50-35(33(44)45,34(29,46)32(42)43)28(30(39)40)48-26(38)16-14-21(4)27(47-23(6)36)22(5)18-24-11-9-8-10-12-24/h8-13,15,19-20,22,27-29,46H,4,7,14,16-18H2,1-3,5-6H3,(H,39,40)(H,42,43)(H,44,45)/b15-13+/t19-,20+,22+,27+,28+,29+,34-,35+/m0/s1. The molecule has 0 aliphatic carbocycles. The maximum atomic E-state index is 13.0. The van der Waals surface area contributed by atoms with Crippen molar-refractivity contribution in [2.75, 3.05) is 0 Å². The molecule has 0 radical (unpaired) electrons. The molecule has 1 saturated heterocycles. The van der Waals surface area contributed by atoms with Crippen molar-refractivity contribution in [1.29, 1.82) is 0 Å². The lowest BCUT2D eigenvalue weighted by molar-refractivity contribution is -0.230. The molecule has 1 aliphatic rings. The highest BCUT2D eigenvalue weighted by Crippen LogP contribution is 2.44. The molecular weight excluding hydrogens is 660 g/mol. The van der Waals surface area contributed by atoms with E-state index in [-0.39, 0.29) is 29.7 Å². The zero-order valence-corrected chi connectivity index (χ0v) is 28.5. The van der Waals surface area contributed by atoms with E-state index in [1.165, 1.54) is 13.0 Å². The van der Waals surface area contributed by atoms with Gasteiger partial charge in [0.25, 0.3) is 17.3 Å². The van der Waals surface area contributed by atoms with Crippen molar-refractivity contribution in [2.45, 2.75) is 96.2 Å². The Hall–Kier alpha value is -5.05. The Morgan fingerprint density at radius 1 is 0.980 bits per heavy atom. The van der Waals surface area contributed by atoms with Crippen molar-refractivity contribution in [1.82, 2.24) is 0 Å². The third kappa shape index (κ3) is 9.55. The molecule has 0 unspecified atom stereocenters. The van der Waals surface area contributed by atoms with E-state index in [0.717, 1.165) is 18.1 Å². The number of ether oxygens (including phenoxy) is 4. The van der Waals surface area contributed by atoms with Gasteiger partial charge in [0.15, 0.2) is 0 Å². The summed E-state index contributed by atoms with van der Waals surface area (Å²) in [6, 6.07) is 9.19. The van der Waals surface area contributed by atoms with Crippen molar-refractivity contribution in [2.24, 2.45) is 17.8 Å². The number of rotatable bonds is 19. The molecule has 8 atom stereocenters. The predicted molar refractivity (Wildman–Crippen MR) is 172 cm³/mol. The fraction of sp³-hybridized carbons (Fsp3) is 0.514. The summed E-state index contributed by atoms with van der Waals surface area (Å²) in [6.07, 6.45) is -3.71. The third-order valence-electron chi connectivity index (χ3n) is 8.44. The maximum Gasteiger partial charge on any atom is 0.356 e. The minimum atomic E-state index is -4.10. The smallest absolute Gasteiger partial charge is 0.356 e. The molecular formula is C35H44O15. The molecule has 4 N–H and O–H groups in total. The van der Waals surface area contributed by atoms with E-state index in [9.17, 15) is 54.0 Å². The van der Waals surface area contributed by atoms with E-state index < -0.39 is 77.7 Å². The monoisotopic (exact) mass is 704 g/mol. The molecule has 0 aromatic heterocycles. The summed E-state index contributed by atoms with van der Waals surface area (Å²) in [7, 11) is 0. The molecule has 0 amide bonds. The number of carboxylic acid groups (broad SMARTS) is 3. The summed E-state index contributed by atoms with van der Waals surface area (Å²) in [5.41, 5.74) is -6.98. The molecule has 0 spiro atoms. The number of aliphatic hydroxyl groups is 1. The topological polar surface area (TPSA) is 237 Å². The van der Waals surface area contributed by atoms with Crippen LogP contribution in [0.3, 0.4) is 0 Å². The molecule has 1 aliphatic heterocycles. The van der Waals surface area contributed by atoms with E-state index in [0.29, 0.717) is 12.8 Å². The first kappa shape index (κ1) is 41.1. The van der Waals surface area contributed by atoms with Crippen LogP contribution in [0, 0.1) is 17.8 Å². The number of hydrogen-bond donors (Lipinski definition) is 4. The number of cyclic esters (lactones) is 1. The van der Waals surface area contributed by atoms with E-state index in [2.05, 4.69) is 6.58 Å². The van der Waals surface area contributed by atoms with Crippen LogP contribution < -0.4 is 0 Å². The fourth-order valence-corrected chi connectivity index (χ4v) is 5.69. The summed E-state index contributed by atoms with van der Waals surface area (Å²) in [5.74, 6) is -12.9. The predicted octanol–water partition coefficient (Wildman–Crippen LogP) is 2.87. The molecule has 15 nitrogen and oxygen atoms in total. The molecule has 0 bridgehead atoms. The van der Waals surface area contributed by atoms with Crippen LogP contribution in [0.25, 0.3) is 0 Å². The SMILES string of the molecule is C=C(CCC(=O)O[C@H](C(=O)O)[C@]1(C(=O)O)OC(=O)[C@@H](OC(=O)/C=C/[C@@H](C)C[C@@H](C)CC)[C@]1(O)C(=O)O)[C@@H](OC(C)=O)[C@H](C)Cc1ccccc1. The molecule has 2 rings (SSSR count). The van der Waals surface area contributed by atoms with Gasteiger partial charge < -0.3 is 39.4 Å². The van der Waals surface area contributed by atoms with E-state index in [4.69, 9.17) is 18.9 Å². The Morgan fingerprint density at radius 3 is 2.12 bits per heavy atom. The second kappa shape index (κ2) is 17.6. The van der Waals surface area contributed by atoms with Gasteiger partial charge in [0.05, 0.1) is 0 Å². The zero-order valence-electron chi connectivity index (χ0n) is 28.5. The van der Waals surface area contributed by atoms with Gasteiger partial charge in [0.1, 0.15) is 6.10 Å². The Kier molecular flexibility index (Phi) is 14.4. The van der Waals surface area contributed by atoms with Crippen molar-refractivity contribution < 1.29 is 72.9 Å². The number of carbonyl (C=O) groups is 7. The average molecular weight is 705 g/mol. The summed E-state index contributed by atoms with van der Waals surface area (Å²) >= 11 is 0. The third-order valence-corrected chi connectivity index (χ3v) is 8.44. The summed E-state index contributed by atoms with van der Waals surface area (Å²) in [5, 5.41) is 41.4. The van der Waals surface area contributed by atoms with Gasteiger partial charge in [0.2, 0.25) is 6.10 Å². The van der Waals surface area contributed by atoms with Gasteiger partial charge in [0, 0.05) is 25.3 Å². The Balaban J connectivity index is 2.33. The number of benzene rings is 1. The van der Waals surface area contributed by atoms with Crippen LogP contribution in [-0.4, -0.2) is 91.7 Å². The molecule has 50 heavy (non-hydrogen) atoms. The quantitative estimate of drug-likeness (QED) is 0.0701. The van der Waals surface area contributed by atoms with Gasteiger partial charge in [-0.05, 0) is 42.2 Å². The number of allylic oxidation sites excluding steroid dienone is 1. The second-order valence-corrected chi connectivity index (χ2v) is 12.5. The first-order valence-corrected chi connectivity index (χ1v) is 15.9. The normalized spacial score (nSPS) is 23.1. The molecule has 1 aromatic rings. The van der Waals surface area contributed by atoms with Crippen molar-refractivity contribution >= 4 is 41.8 Å². The van der Waals surface area contributed by atoms with Gasteiger partial charge in [-0.1, -0.05) is 77.1 Å². The minimum Gasteiger partial charge on any atom is -0.479 e. The van der Waals surface area contributed by atoms with Gasteiger partial charge in [-0.15, -0.1) is 0 Å². The number of carbonyl (C=O) groups excluding carboxylic acids is 4. The van der Waals surface area contributed by atoms with Gasteiger partial charge in [-0.2, -0.15) is 0 Å². The Bertz CT molecular complexity index is 1480. The highest BCUT2D eigenvalue weighted by Gasteiger charge is 2.82. The van der Waals surface area contributed by atoms with Crippen LogP contribution in [0.4, 0.5) is 0 Å². The van der Waals surface area contributed by atoms with Crippen LogP contribution >= 0.6 is 0 Å². The summed E-state index contributed by atoms with van der Waals surface area (Å²) < 4.78 is 19.9. The first-order chi connectivity index (χ1) is 23.3. The maximum absolute atomic E-state index is 13.0. The number of aliphatic carboxylic acids is 3. The Labute approximate surface area is 288 Å². The van der Waals surface area contributed by atoms with Gasteiger partial charge >= 0.3 is 41.8 Å². The summed E-state index contributed by atoms with van der Waals surface area (Å²) in [6.45, 7) is 12.5. The highest BCUT2D eigenvalue weighted by molar-refractivity contribution is 6.06. The number of esters is 4. The van der Waals surface area contributed by atoms with E-state index in [1.807, 2.05) is 44.2 Å². The second-order valence-electron chi connectivity index (χ2n) is 12.5. The lowest BCUT2D eigenvalue weighted by Crippen LogP contribution is -2.72. The molecule has 0 saturated carbocycles. The largest absolute Gasteiger partial charge is 0.479 e. The van der Waals surface area contributed by atoms with Gasteiger partial charge in [-0.25, -0.2) is 24.0 Å². The fourth-order valence-electron chi connectivity index (χ4n) is 5.69. The van der Waals surface area contributed by atoms with Crippen LogP contribution in [0.2, 0.25) is 0 Å². The minimum absolute atomic E-state index is 0.173. The molecule has 15 heteroatoms. The number of hydrogen-bond acceptors (Lipinski definition) is 12. The Morgan fingerprint density at radius 2 is 1.60 bits per heavy atom. The van der Waals surface area contributed by atoms with Crippen LogP contribution in [-0.2, 0) is 58.9 Å². The summed E-state index contributed by atoms with van der Waals surface area (Å²) in [4.78, 5) is 87.7. The lowest BCUT2D eigenvalue weighted by atomic mass is 9.76.